The molecule has 0 atom stereocenters. The summed E-state index contributed by atoms with van der Waals surface area (Å²) in [4.78, 5) is 8.23. The Bertz CT molecular complexity index is 643. The first-order valence-electron chi connectivity index (χ1n) is 5.34. The van der Waals surface area contributed by atoms with Gasteiger partial charge in [-0.25, -0.2) is 18.1 Å². The molecular weight excluding hydrogens is 254 g/mol. The molecule has 1 aromatic carbocycles. The minimum atomic E-state index is -3.18. The van der Waals surface area contributed by atoms with Gasteiger partial charge in [0.15, 0.2) is 0 Å². The van der Waals surface area contributed by atoms with E-state index in [0.29, 0.717) is 0 Å². The molecule has 0 aliphatic carbocycles. The summed E-state index contributed by atoms with van der Waals surface area (Å²) in [5.41, 5.74) is 0.790. The molecule has 7 heteroatoms. The van der Waals surface area contributed by atoms with Crippen molar-refractivity contribution in [1.82, 2.24) is 14.7 Å². The molecule has 18 heavy (non-hydrogen) atoms. The lowest BCUT2D eigenvalue weighted by Crippen LogP contribution is -2.27. The molecule has 2 rings (SSSR count). The van der Waals surface area contributed by atoms with Crippen molar-refractivity contribution in [2.24, 2.45) is 0 Å². The molecule has 0 spiro atoms. The predicted molar refractivity (Wildman–Crippen MR) is 67.9 cm³/mol. The topological polar surface area (TPSA) is 81.2 Å². The molecule has 0 saturated carbocycles. The summed E-state index contributed by atoms with van der Waals surface area (Å²) < 4.78 is 29.2. The van der Waals surface area contributed by atoms with Gasteiger partial charge in [-0.05, 0) is 6.07 Å². The first kappa shape index (κ1) is 12.7. The van der Waals surface area contributed by atoms with E-state index in [1.165, 1.54) is 0 Å². The Morgan fingerprint density at radius 2 is 2.11 bits per heavy atom. The van der Waals surface area contributed by atoms with E-state index < -0.39 is 10.0 Å². The van der Waals surface area contributed by atoms with Crippen LogP contribution in [0.1, 0.15) is 0 Å². The van der Waals surface area contributed by atoms with Crippen molar-refractivity contribution in [2.75, 3.05) is 19.4 Å². The van der Waals surface area contributed by atoms with E-state index in [-0.39, 0.29) is 19.2 Å². The fourth-order valence-electron chi connectivity index (χ4n) is 1.39. The second-order valence-electron chi connectivity index (χ2n) is 3.73. The lowest BCUT2D eigenvalue weighted by atomic mass is 10.2. The molecule has 6 nitrogen and oxygen atoms in total. The van der Waals surface area contributed by atoms with Gasteiger partial charge in [0.1, 0.15) is 6.61 Å². The zero-order chi connectivity index (χ0) is 13.0. The summed E-state index contributed by atoms with van der Waals surface area (Å²) in [5, 5.41) is 0.930. The third-order valence-electron chi connectivity index (χ3n) is 2.16. The SMILES string of the molecule is CS(=O)(=O)NCCOc1ncc2ccccc2n1. The highest BCUT2D eigenvalue weighted by Gasteiger charge is 2.02. The van der Waals surface area contributed by atoms with Crippen LogP contribution in [0, 0.1) is 0 Å². The maximum atomic E-state index is 10.8. The van der Waals surface area contributed by atoms with Crippen LogP contribution in [0.5, 0.6) is 6.01 Å². The fraction of sp³-hybridized carbons (Fsp3) is 0.273. The number of aromatic nitrogens is 2. The third-order valence-corrected chi connectivity index (χ3v) is 2.89. The Labute approximate surface area is 105 Å². The van der Waals surface area contributed by atoms with Crippen molar-refractivity contribution in [3.63, 3.8) is 0 Å². The van der Waals surface area contributed by atoms with Crippen molar-refractivity contribution < 1.29 is 13.2 Å². The number of nitrogens with zero attached hydrogens (tertiary/aromatic N) is 2. The van der Waals surface area contributed by atoms with E-state index in [9.17, 15) is 8.42 Å². The van der Waals surface area contributed by atoms with Crippen molar-refractivity contribution in [3.05, 3.63) is 30.5 Å². The molecule has 0 radical (unpaired) electrons. The van der Waals surface area contributed by atoms with Gasteiger partial charge in [0, 0.05) is 18.1 Å². The highest BCUT2D eigenvalue weighted by molar-refractivity contribution is 7.88. The first-order chi connectivity index (χ1) is 8.54. The monoisotopic (exact) mass is 267 g/mol. The third kappa shape index (κ3) is 3.64. The van der Waals surface area contributed by atoms with E-state index >= 15 is 0 Å². The smallest absolute Gasteiger partial charge is 0.316 e. The Hall–Kier alpha value is -1.73. The van der Waals surface area contributed by atoms with Crippen molar-refractivity contribution in [3.8, 4) is 6.01 Å². The van der Waals surface area contributed by atoms with Crippen molar-refractivity contribution >= 4 is 20.9 Å². The van der Waals surface area contributed by atoms with Crippen LogP contribution >= 0.6 is 0 Å². The summed E-state index contributed by atoms with van der Waals surface area (Å²) >= 11 is 0. The second kappa shape index (κ2) is 5.28. The zero-order valence-corrected chi connectivity index (χ0v) is 10.6. The minimum Gasteiger partial charge on any atom is -0.462 e. The van der Waals surface area contributed by atoms with E-state index in [2.05, 4.69) is 14.7 Å². The van der Waals surface area contributed by atoms with Crippen LogP contribution in [0.2, 0.25) is 0 Å². The van der Waals surface area contributed by atoms with Crippen LogP contribution in [0.15, 0.2) is 30.5 Å². The van der Waals surface area contributed by atoms with Crippen LogP contribution in [0.25, 0.3) is 10.9 Å². The lowest BCUT2D eigenvalue weighted by molar-refractivity contribution is 0.299. The Kier molecular flexibility index (Phi) is 3.73. The van der Waals surface area contributed by atoms with E-state index in [1.807, 2.05) is 24.3 Å². The summed E-state index contributed by atoms with van der Waals surface area (Å²) in [7, 11) is -3.18. The molecule has 0 bridgehead atoms. The zero-order valence-electron chi connectivity index (χ0n) is 9.83. The molecule has 2 aromatic rings. The summed E-state index contributed by atoms with van der Waals surface area (Å²) in [6.07, 6.45) is 2.77. The number of fused-ring (bicyclic) bond motifs is 1. The van der Waals surface area contributed by atoms with Gasteiger partial charge >= 0.3 is 6.01 Å². The van der Waals surface area contributed by atoms with Gasteiger partial charge in [0.2, 0.25) is 10.0 Å². The number of hydrogen-bond acceptors (Lipinski definition) is 5. The number of ether oxygens (including phenoxy) is 1. The second-order valence-corrected chi connectivity index (χ2v) is 5.56. The van der Waals surface area contributed by atoms with E-state index in [1.54, 1.807) is 6.20 Å². The van der Waals surface area contributed by atoms with Crippen LogP contribution < -0.4 is 9.46 Å². The van der Waals surface area contributed by atoms with Crippen LogP contribution in [0.3, 0.4) is 0 Å². The molecule has 96 valence electrons. The van der Waals surface area contributed by atoms with Crippen LogP contribution in [-0.4, -0.2) is 37.8 Å². The molecule has 1 aromatic heterocycles. The number of sulfonamides is 1. The lowest BCUT2D eigenvalue weighted by Gasteiger charge is -2.05. The predicted octanol–water partition coefficient (Wildman–Crippen LogP) is 0.558. The Morgan fingerprint density at radius 3 is 2.89 bits per heavy atom. The summed E-state index contributed by atoms with van der Waals surface area (Å²) in [6.45, 7) is 0.375. The molecular formula is C11H13N3O3S. The van der Waals surface area contributed by atoms with Gasteiger partial charge in [-0.1, -0.05) is 18.2 Å². The highest BCUT2D eigenvalue weighted by Crippen LogP contribution is 2.12. The first-order valence-corrected chi connectivity index (χ1v) is 7.23. The average molecular weight is 267 g/mol. The van der Waals surface area contributed by atoms with Crippen LogP contribution in [-0.2, 0) is 10.0 Å². The summed E-state index contributed by atoms with van der Waals surface area (Å²) in [6, 6.07) is 7.79. The molecule has 0 amide bonds. The molecule has 0 aliphatic heterocycles. The standard InChI is InChI=1S/C11H13N3O3S/c1-18(15,16)13-6-7-17-11-12-8-9-4-2-3-5-10(9)14-11/h2-5,8,13H,6-7H2,1H3. The Morgan fingerprint density at radius 1 is 1.33 bits per heavy atom. The Balaban J connectivity index is 1.96. The maximum absolute atomic E-state index is 10.8. The molecule has 0 unspecified atom stereocenters. The van der Waals surface area contributed by atoms with Crippen molar-refractivity contribution in [1.29, 1.82) is 0 Å². The van der Waals surface area contributed by atoms with Gasteiger partial charge in [-0.3, -0.25) is 0 Å². The number of benzene rings is 1. The largest absolute Gasteiger partial charge is 0.462 e. The molecule has 1 heterocycles. The molecule has 1 N–H and O–H groups in total. The van der Waals surface area contributed by atoms with E-state index in [4.69, 9.17) is 4.74 Å². The van der Waals surface area contributed by atoms with Gasteiger partial charge in [-0.2, -0.15) is 4.98 Å². The van der Waals surface area contributed by atoms with Gasteiger partial charge in [-0.15, -0.1) is 0 Å². The highest BCUT2D eigenvalue weighted by atomic mass is 32.2. The van der Waals surface area contributed by atoms with Gasteiger partial charge < -0.3 is 4.74 Å². The maximum Gasteiger partial charge on any atom is 0.316 e. The van der Waals surface area contributed by atoms with Gasteiger partial charge in [0.25, 0.3) is 0 Å². The van der Waals surface area contributed by atoms with Crippen LogP contribution in [0.4, 0.5) is 0 Å². The molecule has 0 fully saturated rings. The molecule has 0 aliphatic rings. The molecule has 0 saturated heterocycles. The fourth-order valence-corrected chi connectivity index (χ4v) is 1.85. The number of para-hydroxylation sites is 1. The average Bonchev–Trinajstić information content (AvgIpc) is 2.33. The van der Waals surface area contributed by atoms with Gasteiger partial charge in [0.05, 0.1) is 11.8 Å². The number of nitrogens with one attached hydrogen (secondary N) is 1. The normalized spacial score (nSPS) is 11.6. The number of rotatable bonds is 5. The quantitative estimate of drug-likeness (QED) is 0.800. The van der Waals surface area contributed by atoms with Crippen molar-refractivity contribution in [2.45, 2.75) is 0 Å². The summed E-state index contributed by atoms with van der Waals surface area (Å²) in [5.74, 6) is 0. The minimum absolute atomic E-state index is 0.186. The number of hydrogen-bond donors (Lipinski definition) is 1. The van der Waals surface area contributed by atoms with E-state index in [0.717, 1.165) is 17.2 Å².